The summed E-state index contributed by atoms with van der Waals surface area (Å²) in [6.07, 6.45) is -6.06. The maximum atomic E-state index is 15.1. The Morgan fingerprint density at radius 3 is 1.25 bits per heavy atom. The van der Waals surface area contributed by atoms with Crippen molar-refractivity contribution in [1.29, 1.82) is 0 Å². The Morgan fingerprint density at radius 2 is 0.863 bits per heavy atom. The molecule has 4 rings (SSSR count). The number of aromatic nitrogens is 2. The maximum absolute atomic E-state index is 15.1. The number of likely N-dealkylation sites (N-methyl/N-ethyl adjacent to an activating group) is 4. The van der Waals surface area contributed by atoms with Crippen molar-refractivity contribution in [2.75, 3.05) is 33.5 Å². The lowest BCUT2D eigenvalue weighted by atomic mass is 9.99. The summed E-state index contributed by atoms with van der Waals surface area (Å²) in [4.78, 5) is 133. The second-order valence-electron chi connectivity index (χ2n) is 23.0. The molecule has 0 bridgehead atoms. The molecule has 0 saturated carbocycles. The normalized spacial score (nSPS) is 23.2. The third-order valence-corrected chi connectivity index (χ3v) is 14.2. The number of anilines is 1. The molecule has 0 spiro atoms. The van der Waals surface area contributed by atoms with E-state index in [0.29, 0.717) is 28.2 Å². The van der Waals surface area contributed by atoms with Crippen LogP contribution < -0.4 is 5.32 Å². The van der Waals surface area contributed by atoms with Crippen LogP contribution in [0.1, 0.15) is 130 Å². The number of cyclic esters (lactones) is 4. The van der Waals surface area contributed by atoms with Crippen LogP contribution in [0.2, 0.25) is 0 Å². The Balaban J connectivity index is 1.88. The molecule has 80 heavy (non-hydrogen) atoms. The van der Waals surface area contributed by atoms with Gasteiger partial charge in [0.2, 0.25) is 5.91 Å². The molecule has 8 atom stereocenters. The lowest BCUT2D eigenvalue weighted by molar-refractivity contribution is -0.176. The smallest absolute Gasteiger partial charge is 0.329 e. The lowest BCUT2D eigenvalue weighted by Crippen LogP contribution is -2.55. The van der Waals surface area contributed by atoms with E-state index in [1.54, 1.807) is 54.1 Å². The predicted octanol–water partition coefficient (Wildman–Crippen LogP) is 6.48. The molecule has 2 heterocycles. The number of carbonyl (C=O) groups is 9. The summed E-state index contributed by atoms with van der Waals surface area (Å²) in [6.45, 7) is 22.8. The highest BCUT2D eigenvalue weighted by molar-refractivity contribution is 5.94. The van der Waals surface area contributed by atoms with E-state index >= 15 is 4.79 Å². The van der Waals surface area contributed by atoms with Gasteiger partial charge < -0.3 is 43.9 Å². The molecule has 5 amide bonds. The molecular formula is C60H87N7O13. The van der Waals surface area contributed by atoms with Crippen LogP contribution in [-0.2, 0) is 81.5 Å². The van der Waals surface area contributed by atoms with Crippen molar-refractivity contribution < 1.29 is 62.1 Å². The van der Waals surface area contributed by atoms with Gasteiger partial charge in [0.05, 0.1) is 23.6 Å². The number of rotatable bonds is 15. The molecule has 0 unspecified atom stereocenters. The molecule has 2 aromatic carbocycles. The Morgan fingerprint density at radius 1 is 0.512 bits per heavy atom. The van der Waals surface area contributed by atoms with Crippen LogP contribution in [0.25, 0.3) is 0 Å². The SMILES string of the molecule is CC(=O)Nc1c(C)nn(Cc2cccc(C[C@H]3OC(=O)[C@H](CC(C)C)N(C)C(=O)[C@@H](C)OC(=O)[C@H](CC(C)C)N(C)C(=O)[C@@H](Cc4ccccc4)OC(=O)[C@H](CC(C)C)N(C)C(=O)[C@@H](C)OC(=O)[C@H](CC(C)C)N(C)C3=O)c2)c1C. The summed E-state index contributed by atoms with van der Waals surface area (Å²) in [5.74, 6) is -7.79. The number of benzene rings is 2. The molecule has 1 aliphatic heterocycles. The van der Waals surface area contributed by atoms with Gasteiger partial charge in [-0.1, -0.05) is 110 Å². The zero-order valence-electron chi connectivity index (χ0n) is 50.1. The second-order valence-corrected chi connectivity index (χ2v) is 23.0. The zero-order valence-corrected chi connectivity index (χ0v) is 50.1. The van der Waals surface area contributed by atoms with E-state index in [4.69, 9.17) is 18.9 Å². The van der Waals surface area contributed by atoms with Crippen LogP contribution in [-0.4, -0.2) is 160 Å². The largest absolute Gasteiger partial charge is 0.451 e. The minimum atomic E-state index is -1.59. The van der Waals surface area contributed by atoms with E-state index in [9.17, 15) is 38.4 Å². The van der Waals surface area contributed by atoms with Gasteiger partial charge in [-0.05, 0) is 93.7 Å². The van der Waals surface area contributed by atoms with Crippen molar-refractivity contribution >= 4 is 59.1 Å². The number of amides is 5. The second kappa shape index (κ2) is 29.4. The first-order chi connectivity index (χ1) is 37.4. The molecule has 1 aliphatic rings. The van der Waals surface area contributed by atoms with Crippen molar-refractivity contribution in [3.05, 3.63) is 82.7 Å². The van der Waals surface area contributed by atoms with E-state index in [-0.39, 0.29) is 74.6 Å². The van der Waals surface area contributed by atoms with Crippen molar-refractivity contribution in [1.82, 2.24) is 29.4 Å². The number of carbonyl (C=O) groups excluding carboxylic acids is 9. The number of ether oxygens (including phenoxy) is 4. The van der Waals surface area contributed by atoms with Crippen LogP contribution in [0.15, 0.2) is 54.6 Å². The van der Waals surface area contributed by atoms with Gasteiger partial charge in [0.1, 0.15) is 24.2 Å². The first-order valence-electron chi connectivity index (χ1n) is 27.7. The molecule has 3 aromatic rings. The summed E-state index contributed by atoms with van der Waals surface area (Å²) in [6, 6.07) is 10.9. The fourth-order valence-electron chi connectivity index (χ4n) is 9.76. The van der Waals surface area contributed by atoms with Gasteiger partial charge in [-0.15, -0.1) is 0 Å². The van der Waals surface area contributed by atoms with Crippen LogP contribution in [0, 0.1) is 37.5 Å². The van der Waals surface area contributed by atoms with Gasteiger partial charge >= 0.3 is 23.9 Å². The molecular weight excluding hydrogens is 1030 g/mol. The molecule has 1 N–H and O–H groups in total. The third-order valence-electron chi connectivity index (χ3n) is 14.2. The molecule has 1 fully saturated rings. The molecule has 20 nitrogen and oxygen atoms in total. The van der Waals surface area contributed by atoms with Gasteiger partial charge in [0, 0.05) is 48.0 Å². The Kier molecular flexibility index (Phi) is 24.0. The quantitative estimate of drug-likeness (QED) is 0.127. The fraction of sp³-hybridized carbons (Fsp3) is 0.600. The fourth-order valence-corrected chi connectivity index (χ4v) is 9.76. The monoisotopic (exact) mass is 1110 g/mol. The van der Waals surface area contributed by atoms with Gasteiger partial charge in [-0.25, -0.2) is 19.2 Å². The average molecular weight is 1110 g/mol. The van der Waals surface area contributed by atoms with Gasteiger partial charge in [0.15, 0.2) is 24.4 Å². The number of nitrogens with zero attached hydrogens (tertiary/aromatic N) is 6. The van der Waals surface area contributed by atoms with E-state index in [2.05, 4.69) is 10.4 Å². The Labute approximate surface area is 472 Å². The average Bonchev–Trinajstić information content (AvgIpc) is 3.64. The molecule has 0 radical (unpaired) electrons. The van der Waals surface area contributed by atoms with Crippen molar-refractivity contribution in [2.45, 2.75) is 184 Å². The standard InChI is InChI=1S/C60H87N7O13/c1-34(2)26-46-57(73)77-41(12)54(70)64(15)49(29-37(7)8)60(76)80-51(32-44-24-21-25-45(30-44)33-67-39(10)52(38(9)62-67)61-42(13)68)56(72)66(17)47(27-35(3)4)58(74)78-40(11)53(69)63(14)48(28-36(5)6)59(75)79-50(55(71)65(46)16)31-43-22-19-18-20-23-43/h18-25,30,34-37,40-41,46-51H,26-29,31-33H2,1-17H3,(H,61,68)/t40-,41-,46+,47+,48+,49+,50-,51-/m1/s1. The summed E-state index contributed by atoms with van der Waals surface area (Å²) in [7, 11) is 5.52. The van der Waals surface area contributed by atoms with E-state index in [1.807, 2.05) is 74.4 Å². The highest BCUT2D eigenvalue weighted by atomic mass is 16.6. The first kappa shape index (κ1) is 65.4. The highest BCUT2D eigenvalue weighted by Gasteiger charge is 2.43. The highest BCUT2D eigenvalue weighted by Crippen LogP contribution is 2.26. The number of hydrogen-bond acceptors (Lipinski definition) is 14. The van der Waals surface area contributed by atoms with Crippen molar-refractivity contribution in [2.24, 2.45) is 23.7 Å². The van der Waals surface area contributed by atoms with Gasteiger partial charge in [0.25, 0.3) is 23.6 Å². The number of aryl methyl sites for hydroxylation is 1. The molecule has 1 saturated heterocycles. The van der Waals surface area contributed by atoms with E-state index < -0.39 is 96.1 Å². The van der Waals surface area contributed by atoms with E-state index in [1.165, 1.54) is 49.0 Å². The Bertz CT molecular complexity index is 2650. The van der Waals surface area contributed by atoms with Crippen LogP contribution in [0.3, 0.4) is 0 Å². The van der Waals surface area contributed by atoms with Crippen molar-refractivity contribution in [3.63, 3.8) is 0 Å². The maximum Gasteiger partial charge on any atom is 0.329 e. The first-order valence-corrected chi connectivity index (χ1v) is 27.7. The van der Waals surface area contributed by atoms with Crippen LogP contribution in [0.4, 0.5) is 5.69 Å². The minimum Gasteiger partial charge on any atom is -0.451 e. The summed E-state index contributed by atoms with van der Waals surface area (Å²) in [5.41, 5.74) is 3.89. The van der Waals surface area contributed by atoms with Crippen LogP contribution >= 0.6 is 0 Å². The van der Waals surface area contributed by atoms with Gasteiger partial charge in [-0.3, -0.25) is 28.7 Å². The van der Waals surface area contributed by atoms with E-state index in [0.717, 1.165) is 25.2 Å². The summed E-state index contributed by atoms with van der Waals surface area (Å²) in [5, 5.41) is 7.46. The molecule has 0 aliphatic carbocycles. The molecule has 20 heteroatoms. The number of hydrogen-bond donors (Lipinski definition) is 1. The van der Waals surface area contributed by atoms with Gasteiger partial charge in [-0.2, -0.15) is 5.10 Å². The van der Waals surface area contributed by atoms with Crippen molar-refractivity contribution in [3.8, 4) is 0 Å². The molecule has 440 valence electrons. The zero-order chi connectivity index (χ0) is 60.0. The van der Waals surface area contributed by atoms with Crippen LogP contribution in [0.5, 0.6) is 0 Å². The predicted molar refractivity (Wildman–Crippen MR) is 300 cm³/mol. The molecule has 1 aromatic heterocycles. The summed E-state index contributed by atoms with van der Waals surface area (Å²) < 4.78 is 25.9. The lowest BCUT2D eigenvalue weighted by Gasteiger charge is -2.35. The number of nitrogens with one attached hydrogen (secondary N) is 1. The Hall–Kier alpha value is -7.12. The number of esters is 4. The third kappa shape index (κ3) is 17.9. The topological polar surface area (TPSA) is 233 Å². The summed E-state index contributed by atoms with van der Waals surface area (Å²) >= 11 is 0. The minimum absolute atomic E-state index is 0.0620.